The molecule has 0 spiro atoms. The Labute approximate surface area is 112 Å². The smallest absolute Gasteiger partial charge is 0.127 e. The first-order valence-corrected chi connectivity index (χ1v) is 7.08. The van der Waals surface area contributed by atoms with E-state index in [1.54, 1.807) is 0 Å². The van der Waals surface area contributed by atoms with Crippen LogP contribution in [0.3, 0.4) is 0 Å². The molecule has 104 valence electrons. The number of nitrogens with two attached hydrogens (primary N) is 1. The second kappa shape index (κ2) is 5.33. The monoisotopic (exact) mass is 251 g/mol. The second-order valence-electron chi connectivity index (χ2n) is 6.59. The summed E-state index contributed by atoms with van der Waals surface area (Å²) in [5.74, 6) is 2.80. The molecule has 0 fully saturated rings. The van der Waals surface area contributed by atoms with Crippen molar-refractivity contribution in [2.75, 3.05) is 5.73 Å². The first-order chi connectivity index (χ1) is 8.20. The highest BCUT2D eigenvalue weighted by Gasteiger charge is 2.26. The lowest BCUT2D eigenvalue weighted by atomic mass is 10.0. The van der Waals surface area contributed by atoms with Gasteiger partial charge in [-0.2, -0.15) is 0 Å². The molecule has 0 bridgehead atoms. The molecule has 1 aromatic heterocycles. The van der Waals surface area contributed by atoms with E-state index in [9.17, 15) is 0 Å². The Morgan fingerprint density at radius 1 is 1.22 bits per heavy atom. The summed E-state index contributed by atoms with van der Waals surface area (Å²) in [5, 5.41) is 0. The van der Waals surface area contributed by atoms with Crippen LogP contribution in [0.5, 0.6) is 0 Å². The van der Waals surface area contributed by atoms with Crippen LogP contribution in [0.2, 0.25) is 0 Å². The van der Waals surface area contributed by atoms with Crippen molar-refractivity contribution in [1.29, 1.82) is 0 Å². The minimum Gasteiger partial charge on any atom is -0.384 e. The molecule has 0 aliphatic heterocycles. The van der Waals surface area contributed by atoms with Crippen LogP contribution in [0.1, 0.15) is 84.7 Å². The Morgan fingerprint density at radius 2 is 1.78 bits per heavy atom. The minimum atomic E-state index is -0.0130. The van der Waals surface area contributed by atoms with Gasteiger partial charge < -0.3 is 10.3 Å². The number of hydrogen-bond acceptors (Lipinski definition) is 2. The van der Waals surface area contributed by atoms with Crippen LogP contribution in [0.25, 0.3) is 0 Å². The summed E-state index contributed by atoms with van der Waals surface area (Å²) in [6.45, 7) is 15.3. The highest BCUT2D eigenvalue weighted by atomic mass is 15.2. The zero-order valence-electron chi connectivity index (χ0n) is 13.0. The third-order valence-corrected chi connectivity index (χ3v) is 3.34. The van der Waals surface area contributed by atoms with Gasteiger partial charge in [-0.1, -0.05) is 34.1 Å². The molecule has 0 aromatic carbocycles. The van der Waals surface area contributed by atoms with Crippen molar-refractivity contribution in [3.8, 4) is 0 Å². The number of rotatable bonds is 4. The maximum atomic E-state index is 6.36. The average molecular weight is 251 g/mol. The predicted octanol–water partition coefficient (Wildman–Crippen LogP) is 4.25. The molecule has 1 aromatic rings. The Kier molecular flexibility index (Phi) is 4.46. The minimum absolute atomic E-state index is 0.0130. The van der Waals surface area contributed by atoms with E-state index >= 15 is 0 Å². The number of hydrogen-bond donors (Lipinski definition) is 1. The van der Waals surface area contributed by atoms with E-state index in [4.69, 9.17) is 10.7 Å². The van der Waals surface area contributed by atoms with Crippen molar-refractivity contribution in [3.63, 3.8) is 0 Å². The Hall–Kier alpha value is -0.990. The largest absolute Gasteiger partial charge is 0.384 e. The zero-order chi connectivity index (χ0) is 14.1. The van der Waals surface area contributed by atoms with Crippen LogP contribution in [-0.2, 0) is 5.54 Å². The molecule has 18 heavy (non-hydrogen) atoms. The molecule has 0 saturated carbocycles. The SMILES string of the molecule is CCCC(C)c1nc(C(C)C)n(C(C)(C)C)c1N. The van der Waals surface area contributed by atoms with Crippen LogP contribution >= 0.6 is 0 Å². The Morgan fingerprint density at radius 3 is 2.11 bits per heavy atom. The predicted molar refractivity (Wildman–Crippen MR) is 79.0 cm³/mol. The third kappa shape index (κ3) is 2.88. The molecule has 0 aliphatic carbocycles. The number of anilines is 1. The van der Waals surface area contributed by atoms with Crippen molar-refractivity contribution in [1.82, 2.24) is 9.55 Å². The summed E-state index contributed by atoms with van der Waals surface area (Å²) in [5.41, 5.74) is 7.43. The van der Waals surface area contributed by atoms with Gasteiger partial charge in [0.25, 0.3) is 0 Å². The summed E-state index contributed by atoms with van der Waals surface area (Å²) in [6, 6.07) is 0. The summed E-state index contributed by atoms with van der Waals surface area (Å²) in [7, 11) is 0. The standard InChI is InChI=1S/C15H29N3/c1-8-9-11(4)12-13(16)18(15(5,6)7)14(17-12)10(2)3/h10-11H,8-9,16H2,1-7H3. The molecule has 2 N–H and O–H groups in total. The number of imidazole rings is 1. The van der Waals surface area contributed by atoms with Crippen LogP contribution < -0.4 is 5.73 Å². The van der Waals surface area contributed by atoms with E-state index in [-0.39, 0.29) is 5.54 Å². The quantitative estimate of drug-likeness (QED) is 0.869. The van der Waals surface area contributed by atoms with Crippen LogP contribution in [0, 0.1) is 0 Å². The van der Waals surface area contributed by atoms with Gasteiger partial charge in [0.15, 0.2) is 0 Å². The fourth-order valence-electron chi connectivity index (χ4n) is 2.49. The lowest BCUT2D eigenvalue weighted by molar-refractivity contribution is 0.382. The van der Waals surface area contributed by atoms with Crippen molar-refractivity contribution in [2.45, 2.75) is 78.7 Å². The number of nitrogens with zero attached hydrogens (tertiary/aromatic N) is 2. The fourth-order valence-corrected chi connectivity index (χ4v) is 2.49. The average Bonchev–Trinajstić information content (AvgIpc) is 2.55. The van der Waals surface area contributed by atoms with E-state index < -0.39 is 0 Å². The van der Waals surface area contributed by atoms with E-state index in [1.165, 1.54) is 6.42 Å². The second-order valence-corrected chi connectivity index (χ2v) is 6.59. The molecular weight excluding hydrogens is 222 g/mol. The van der Waals surface area contributed by atoms with Gasteiger partial charge in [-0.3, -0.25) is 0 Å². The highest BCUT2D eigenvalue weighted by Crippen LogP contribution is 2.33. The fraction of sp³-hybridized carbons (Fsp3) is 0.800. The first kappa shape index (κ1) is 15.1. The van der Waals surface area contributed by atoms with Gasteiger partial charge in [0.05, 0.1) is 5.69 Å². The van der Waals surface area contributed by atoms with Crippen LogP contribution in [0.4, 0.5) is 5.82 Å². The number of nitrogen functional groups attached to an aromatic ring is 1. The van der Waals surface area contributed by atoms with Gasteiger partial charge in [0.1, 0.15) is 11.6 Å². The van der Waals surface area contributed by atoms with Crippen LogP contribution in [-0.4, -0.2) is 9.55 Å². The van der Waals surface area contributed by atoms with Crippen LogP contribution in [0.15, 0.2) is 0 Å². The topological polar surface area (TPSA) is 43.8 Å². The molecule has 0 radical (unpaired) electrons. The molecule has 0 amide bonds. The van der Waals surface area contributed by atoms with Gasteiger partial charge in [-0.15, -0.1) is 0 Å². The Balaban J connectivity index is 3.33. The molecule has 3 heteroatoms. The van der Waals surface area contributed by atoms with E-state index in [0.29, 0.717) is 11.8 Å². The molecule has 3 nitrogen and oxygen atoms in total. The Bertz CT molecular complexity index is 397. The molecule has 1 unspecified atom stereocenters. The van der Waals surface area contributed by atoms with E-state index in [0.717, 1.165) is 23.8 Å². The van der Waals surface area contributed by atoms with Gasteiger partial charge in [0, 0.05) is 17.4 Å². The van der Waals surface area contributed by atoms with E-state index in [2.05, 4.69) is 53.0 Å². The van der Waals surface area contributed by atoms with Crippen molar-refractivity contribution in [3.05, 3.63) is 11.5 Å². The lowest BCUT2D eigenvalue weighted by Crippen LogP contribution is -2.26. The molecule has 1 atom stereocenters. The van der Waals surface area contributed by atoms with E-state index in [1.807, 2.05) is 0 Å². The molecule has 0 aliphatic rings. The lowest BCUT2D eigenvalue weighted by Gasteiger charge is -2.26. The van der Waals surface area contributed by atoms with Crippen molar-refractivity contribution < 1.29 is 0 Å². The third-order valence-electron chi connectivity index (χ3n) is 3.34. The van der Waals surface area contributed by atoms with Gasteiger partial charge in [-0.05, 0) is 27.2 Å². The highest BCUT2D eigenvalue weighted by molar-refractivity contribution is 5.42. The molecule has 0 saturated heterocycles. The maximum absolute atomic E-state index is 6.36. The van der Waals surface area contributed by atoms with Crippen molar-refractivity contribution in [2.24, 2.45) is 0 Å². The van der Waals surface area contributed by atoms with Crippen molar-refractivity contribution >= 4 is 5.82 Å². The summed E-state index contributed by atoms with van der Waals surface area (Å²) in [4.78, 5) is 4.83. The van der Waals surface area contributed by atoms with Gasteiger partial charge in [0.2, 0.25) is 0 Å². The summed E-state index contributed by atoms with van der Waals surface area (Å²) >= 11 is 0. The maximum Gasteiger partial charge on any atom is 0.127 e. The summed E-state index contributed by atoms with van der Waals surface area (Å²) < 4.78 is 2.21. The zero-order valence-corrected chi connectivity index (χ0v) is 13.0. The molecule has 1 heterocycles. The van der Waals surface area contributed by atoms with Gasteiger partial charge in [-0.25, -0.2) is 4.98 Å². The molecule has 1 rings (SSSR count). The normalized spacial score (nSPS) is 14.2. The molecular formula is C15H29N3. The van der Waals surface area contributed by atoms with Gasteiger partial charge >= 0.3 is 0 Å². The first-order valence-electron chi connectivity index (χ1n) is 7.08. The summed E-state index contributed by atoms with van der Waals surface area (Å²) in [6.07, 6.45) is 2.31. The number of aromatic nitrogens is 2.